The van der Waals surface area contributed by atoms with Gasteiger partial charge >= 0.3 is 12.1 Å². The van der Waals surface area contributed by atoms with E-state index < -0.39 is 29.6 Å². The van der Waals surface area contributed by atoms with Crippen LogP contribution in [0, 0.1) is 0 Å². The van der Waals surface area contributed by atoms with Crippen LogP contribution in [-0.2, 0) is 19.1 Å². The molecule has 1 aromatic rings. The Hall–Kier alpha value is -3.07. The van der Waals surface area contributed by atoms with Crippen molar-refractivity contribution in [1.82, 2.24) is 10.2 Å². The van der Waals surface area contributed by atoms with E-state index in [0.29, 0.717) is 19.4 Å². The molecule has 0 aliphatic carbocycles. The molecule has 32 heavy (non-hydrogen) atoms. The number of nitrogens with zero attached hydrogens (tertiary/aromatic N) is 1. The number of esters is 1. The molecule has 1 unspecified atom stereocenters. The van der Waals surface area contributed by atoms with E-state index in [-0.39, 0.29) is 35.3 Å². The van der Waals surface area contributed by atoms with Crippen molar-refractivity contribution in [2.24, 2.45) is 0 Å². The first kappa shape index (κ1) is 25.2. The Morgan fingerprint density at radius 1 is 1.28 bits per heavy atom. The van der Waals surface area contributed by atoms with E-state index >= 15 is 0 Å². The lowest BCUT2D eigenvalue weighted by Crippen LogP contribution is -2.46. The summed E-state index contributed by atoms with van der Waals surface area (Å²) in [5.74, 6) is -1.39. The Morgan fingerprint density at radius 2 is 2.00 bits per heavy atom. The second-order valence-corrected chi connectivity index (χ2v) is 8.58. The van der Waals surface area contributed by atoms with Crippen molar-refractivity contribution in [3.8, 4) is 0 Å². The summed E-state index contributed by atoms with van der Waals surface area (Å²) < 4.78 is 10.2. The van der Waals surface area contributed by atoms with Crippen LogP contribution in [0.15, 0.2) is 30.9 Å². The third kappa shape index (κ3) is 7.26. The summed E-state index contributed by atoms with van der Waals surface area (Å²) in [5, 5.41) is 5.18. The average Bonchev–Trinajstić information content (AvgIpc) is 3.20. The lowest BCUT2D eigenvalue weighted by Gasteiger charge is -2.23. The average molecular weight is 466 g/mol. The van der Waals surface area contributed by atoms with Crippen LogP contribution in [0.25, 0.3) is 0 Å². The number of rotatable bonds is 7. The fraction of sp³-hybridized carbons (Fsp3) is 0.455. The fourth-order valence-corrected chi connectivity index (χ4v) is 3.31. The predicted octanol–water partition coefficient (Wildman–Crippen LogP) is 3.14. The Kier molecular flexibility index (Phi) is 8.65. The summed E-state index contributed by atoms with van der Waals surface area (Å²) in [5.41, 5.74) is -0.174. The number of ether oxygens (including phenoxy) is 2. The van der Waals surface area contributed by atoms with Crippen LogP contribution in [0.5, 0.6) is 0 Å². The maximum atomic E-state index is 12.5. The molecule has 3 amide bonds. The molecule has 10 heteroatoms. The van der Waals surface area contributed by atoms with Crippen LogP contribution in [0.3, 0.4) is 0 Å². The van der Waals surface area contributed by atoms with Gasteiger partial charge < -0.3 is 19.7 Å². The largest absolute Gasteiger partial charge is 0.460 e. The molecule has 1 heterocycles. The molecule has 2 N–H and O–H groups in total. The van der Waals surface area contributed by atoms with Crippen molar-refractivity contribution >= 4 is 41.2 Å². The van der Waals surface area contributed by atoms with Crippen molar-refractivity contribution in [1.29, 1.82) is 0 Å². The van der Waals surface area contributed by atoms with E-state index in [2.05, 4.69) is 17.2 Å². The summed E-state index contributed by atoms with van der Waals surface area (Å²) in [4.78, 5) is 50.4. The molecule has 0 spiro atoms. The molecule has 174 valence electrons. The van der Waals surface area contributed by atoms with E-state index in [4.69, 9.17) is 21.1 Å². The van der Waals surface area contributed by atoms with E-state index in [1.54, 1.807) is 20.8 Å². The number of hydrogen-bond acceptors (Lipinski definition) is 6. The van der Waals surface area contributed by atoms with E-state index in [1.807, 2.05) is 0 Å². The zero-order valence-electron chi connectivity index (χ0n) is 18.4. The molecule has 1 atom stereocenters. The monoisotopic (exact) mass is 465 g/mol. The molecule has 0 bridgehead atoms. The van der Waals surface area contributed by atoms with Gasteiger partial charge in [0.25, 0.3) is 5.91 Å². The van der Waals surface area contributed by atoms with Crippen LogP contribution in [0.4, 0.5) is 10.5 Å². The smallest absolute Gasteiger partial charge is 0.412 e. The van der Waals surface area contributed by atoms with Gasteiger partial charge in [0, 0.05) is 12.1 Å². The highest BCUT2D eigenvalue weighted by molar-refractivity contribution is 6.34. The molecule has 1 aliphatic heterocycles. The van der Waals surface area contributed by atoms with Gasteiger partial charge in [0.2, 0.25) is 5.91 Å². The van der Waals surface area contributed by atoms with Crippen LogP contribution >= 0.6 is 11.6 Å². The second-order valence-electron chi connectivity index (χ2n) is 8.17. The van der Waals surface area contributed by atoms with E-state index in [9.17, 15) is 19.2 Å². The first-order valence-electron chi connectivity index (χ1n) is 10.2. The van der Waals surface area contributed by atoms with Crippen LogP contribution in [0.2, 0.25) is 5.02 Å². The number of likely N-dealkylation sites (tertiary alicyclic amines) is 1. The fourth-order valence-electron chi connectivity index (χ4n) is 3.08. The van der Waals surface area contributed by atoms with Gasteiger partial charge in [-0.05, 0) is 51.8 Å². The van der Waals surface area contributed by atoms with Gasteiger partial charge in [-0.25, -0.2) is 9.59 Å². The first-order valence-corrected chi connectivity index (χ1v) is 10.5. The number of hydrogen-bond donors (Lipinski definition) is 2. The number of anilines is 1. The minimum absolute atomic E-state index is 0.0770. The third-order valence-electron chi connectivity index (χ3n) is 4.46. The van der Waals surface area contributed by atoms with Gasteiger partial charge in [0.15, 0.2) is 0 Å². The minimum atomic E-state index is -0.672. The number of carbonyl (C=O) groups is 4. The Morgan fingerprint density at radius 3 is 2.62 bits per heavy atom. The quantitative estimate of drug-likeness (QED) is 0.472. The maximum absolute atomic E-state index is 12.5. The van der Waals surface area contributed by atoms with Crippen molar-refractivity contribution in [3.05, 3.63) is 41.4 Å². The highest BCUT2D eigenvalue weighted by atomic mass is 35.5. The molecule has 0 radical (unpaired) electrons. The number of amides is 3. The lowest BCUT2D eigenvalue weighted by molar-refractivity contribution is -0.152. The number of benzene rings is 1. The zero-order chi connectivity index (χ0) is 23.9. The topological polar surface area (TPSA) is 114 Å². The van der Waals surface area contributed by atoms with E-state index in [1.165, 1.54) is 29.2 Å². The summed E-state index contributed by atoms with van der Waals surface area (Å²) in [7, 11) is 0. The maximum Gasteiger partial charge on any atom is 0.412 e. The zero-order valence-corrected chi connectivity index (χ0v) is 19.2. The van der Waals surface area contributed by atoms with Gasteiger partial charge in [-0.1, -0.05) is 24.3 Å². The molecule has 0 aromatic heterocycles. The van der Waals surface area contributed by atoms with Crippen molar-refractivity contribution in [3.63, 3.8) is 0 Å². The number of carbonyl (C=O) groups excluding carboxylic acids is 4. The Balaban J connectivity index is 1.93. The summed E-state index contributed by atoms with van der Waals surface area (Å²) in [6, 6.07) is 3.64. The molecule has 9 nitrogen and oxygen atoms in total. The SMILES string of the molecule is C=CCOC(=O)C1CCCN1C(=O)CNC(=O)c1ccc(NC(=O)OC(C)(C)C)c(Cl)c1. The Labute approximate surface area is 192 Å². The molecule has 1 saturated heterocycles. The third-order valence-corrected chi connectivity index (χ3v) is 4.77. The minimum Gasteiger partial charge on any atom is -0.460 e. The van der Waals surface area contributed by atoms with Crippen LogP contribution in [0.1, 0.15) is 44.0 Å². The van der Waals surface area contributed by atoms with E-state index in [0.717, 1.165) is 0 Å². The highest BCUT2D eigenvalue weighted by Gasteiger charge is 2.35. The molecule has 1 fully saturated rings. The lowest BCUT2D eigenvalue weighted by atomic mass is 10.2. The second kappa shape index (κ2) is 11.0. The van der Waals surface area contributed by atoms with Crippen molar-refractivity contribution < 1.29 is 28.7 Å². The summed E-state index contributed by atoms with van der Waals surface area (Å²) >= 11 is 6.17. The predicted molar refractivity (Wildman–Crippen MR) is 120 cm³/mol. The molecule has 1 aromatic carbocycles. The molecule has 2 rings (SSSR count). The van der Waals surface area contributed by atoms with Crippen molar-refractivity contribution in [2.75, 3.05) is 25.0 Å². The summed E-state index contributed by atoms with van der Waals surface area (Å²) in [6.07, 6.45) is 1.97. The Bertz CT molecular complexity index is 896. The molecular weight excluding hydrogens is 438 g/mol. The number of nitrogens with one attached hydrogen (secondary N) is 2. The van der Waals surface area contributed by atoms with Crippen LogP contribution in [-0.4, -0.2) is 60.1 Å². The highest BCUT2D eigenvalue weighted by Crippen LogP contribution is 2.24. The van der Waals surface area contributed by atoms with Gasteiger partial charge in [0.1, 0.15) is 18.2 Å². The molecule has 0 saturated carbocycles. The summed E-state index contributed by atoms with van der Waals surface area (Å²) in [6.45, 7) is 8.90. The normalized spacial score (nSPS) is 15.6. The van der Waals surface area contributed by atoms with Gasteiger partial charge in [-0.3, -0.25) is 14.9 Å². The number of halogens is 1. The van der Waals surface area contributed by atoms with Gasteiger partial charge in [-0.15, -0.1) is 0 Å². The molecular formula is C22H28ClN3O6. The van der Waals surface area contributed by atoms with Gasteiger partial charge in [-0.2, -0.15) is 0 Å². The standard InChI is InChI=1S/C22H28ClN3O6/c1-5-11-31-20(29)17-7-6-10-26(17)18(27)13-24-19(28)14-8-9-16(15(23)12-14)25-21(30)32-22(2,3)4/h5,8-9,12,17H,1,6-7,10-11,13H2,2-4H3,(H,24,28)(H,25,30). The van der Waals surface area contributed by atoms with Gasteiger partial charge in [0.05, 0.1) is 17.3 Å². The van der Waals surface area contributed by atoms with Crippen molar-refractivity contribution in [2.45, 2.75) is 45.3 Å². The first-order chi connectivity index (χ1) is 15.0. The molecule has 1 aliphatic rings. The van der Waals surface area contributed by atoms with Crippen LogP contribution < -0.4 is 10.6 Å².